The Kier molecular flexibility index (Phi) is 8.05. The van der Waals surface area contributed by atoms with Crippen LogP contribution in [0, 0.1) is 0 Å². The number of likely N-dealkylation sites (N-methyl/N-ethyl adjacent to an activating group) is 1. The third-order valence-electron chi connectivity index (χ3n) is 3.89. The molecule has 0 spiro atoms. The standard InChI is InChI=1S/C17H27N3O4/c1-5-12(2)20(3)9-8-19-17(22)13-6-7-14(15(10-13)23-4)24-11-16(18)21/h6-7,10,12H,5,8-9,11H2,1-4H3,(H2,18,21)(H,19,22)/t12-/m0/s1. The van der Waals surface area contributed by atoms with Gasteiger partial charge in [-0.3, -0.25) is 9.59 Å². The van der Waals surface area contributed by atoms with E-state index in [0.29, 0.717) is 29.6 Å². The molecule has 0 saturated carbocycles. The van der Waals surface area contributed by atoms with Crippen molar-refractivity contribution in [3.8, 4) is 11.5 Å². The minimum atomic E-state index is -0.579. The monoisotopic (exact) mass is 337 g/mol. The Morgan fingerprint density at radius 1 is 1.33 bits per heavy atom. The van der Waals surface area contributed by atoms with E-state index in [4.69, 9.17) is 15.2 Å². The smallest absolute Gasteiger partial charge is 0.255 e. The molecule has 1 aromatic rings. The van der Waals surface area contributed by atoms with E-state index < -0.39 is 5.91 Å². The fourth-order valence-electron chi connectivity index (χ4n) is 2.06. The van der Waals surface area contributed by atoms with Gasteiger partial charge in [-0.2, -0.15) is 0 Å². The highest BCUT2D eigenvalue weighted by atomic mass is 16.5. The maximum absolute atomic E-state index is 12.2. The summed E-state index contributed by atoms with van der Waals surface area (Å²) in [6.07, 6.45) is 1.06. The van der Waals surface area contributed by atoms with Crippen LogP contribution in [0.1, 0.15) is 30.6 Å². The van der Waals surface area contributed by atoms with Gasteiger partial charge in [0.05, 0.1) is 7.11 Å². The molecule has 0 aliphatic carbocycles. The van der Waals surface area contributed by atoms with E-state index in [1.807, 2.05) is 7.05 Å². The topological polar surface area (TPSA) is 93.9 Å². The maximum atomic E-state index is 12.2. The number of hydrogen-bond acceptors (Lipinski definition) is 5. The molecule has 0 unspecified atom stereocenters. The van der Waals surface area contributed by atoms with Crippen molar-refractivity contribution in [3.05, 3.63) is 23.8 Å². The summed E-state index contributed by atoms with van der Waals surface area (Å²) < 4.78 is 10.4. The number of hydrogen-bond donors (Lipinski definition) is 2. The van der Waals surface area contributed by atoms with Gasteiger partial charge in [0.2, 0.25) is 0 Å². The third kappa shape index (κ3) is 6.08. The number of carbonyl (C=O) groups is 2. The summed E-state index contributed by atoms with van der Waals surface area (Å²) in [5, 5.41) is 2.88. The molecule has 0 aromatic heterocycles. The second-order valence-corrected chi connectivity index (χ2v) is 5.61. The molecule has 0 bridgehead atoms. The highest BCUT2D eigenvalue weighted by Gasteiger charge is 2.12. The predicted molar refractivity (Wildman–Crippen MR) is 92.4 cm³/mol. The molecule has 2 amide bonds. The largest absolute Gasteiger partial charge is 0.493 e. The SMILES string of the molecule is CC[C@H](C)N(C)CCNC(=O)c1ccc(OCC(N)=O)c(OC)c1. The first kappa shape index (κ1) is 19.8. The van der Waals surface area contributed by atoms with Crippen LogP contribution in [-0.2, 0) is 4.79 Å². The average molecular weight is 337 g/mol. The van der Waals surface area contributed by atoms with Gasteiger partial charge in [-0.25, -0.2) is 0 Å². The van der Waals surface area contributed by atoms with Crippen LogP contribution < -0.4 is 20.5 Å². The van der Waals surface area contributed by atoms with Crippen LogP contribution in [0.5, 0.6) is 11.5 Å². The molecule has 1 aromatic carbocycles. The van der Waals surface area contributed by atoms with Crippen LogP contribution in [0.2, 0.25) is 0 Å². The van der Waals surface area contributed by atoms with Gasteiger partial charge < -0.3 is 25.4 Å². The molecule has 1 rings (SSSR count). The van der Waals surface area contributed by atoms with Gasteiger partial charge in [0.25, 0.3) is 11.8 Å². The molecule has 0 heterocycles. The molecular formula is C17H27N3O4. The summed E-state index contributed by atoms with van der Waals surface area (Å²) in [6, 6.07) is 5.25. The first-order chi connectivity index (χ1) is 11.4. The quantitative estimate of drug-likeness (QED) is 0.665. The highest BCUT2D eigenvalue weighted by molar-refractivity contribution is 5.94. The number of rotatable bonds is 10. The number of benzene rings is 1. The van der Waals surface area contributed by atoms with Gasteiger partial charge in [-0.05, 0) is 38.6 Å². The summed E-state index contributed by atoms with van der Waals surface area (Å²) in [4.78, 5) is 25.2. The van der Waals surface area contributed by atoms with Crippen LogP contribution in [0.4, 0.5) is 0 Å². The number of nitrogens with two attached hydrogens (primary N) is 1. The van der Waals surface area contributed by atoms with E-state index in [1.54, 1.807) is 18.2 Å². The predicted octanol–water partition coefficient (Wildman–Crippen LogP) is 1.02. The number of nitrogens with one attached hydrogen (secondary N) is 1. The lowest BCUT2D eigenvalue weighted by Gasteiger charge is -2.23. The van der Waals surface area contributed by atoms with Crippen molar-refractivity contribution < 1.29 is 19.1 Å². The van der Waals surface area contributed by atoms with E-state index in [2.05, 4.69) is 24.1 Å². The van der Waals surface area contributed by atoms with Gasteiger partial charge in [0.15, 0.2) is 18.1 Å². The zero-order valence-electron chi connectivity index (χ0n) is 14.8. The van der Waals surface area contributed by atoms with Crippen molar-refractivity contribution >= 4 is 11.8 Å². The number of primary amides is 1. The van der Waals surface area contributed by atoms with Crippen molar-refractivity contribution in [2.24, 2.45) is 5.73 Å². The molecule has 0 saturated heterocycles. The zero-order valence-corrected chi connectivity index (χ0v) is 14.8. The van der Waals surface area contributed by atoms with Gasteiger partial charge in [0, 0.05) is 24.7 Å². The van der Waals surface area contributed by atoms with Gasteiger partial charge in [-0.1, -0.05) is 6.92 Å². The van der Waals surface area contributed by atoms with Crippen LogP contribution in [0.3, 0.4) is 0 Å². The summed E-state index contributed by atoms with van der Waals surface area (Å²) in [6.45, 7) is 5.37. The Balaban J connectivity index is 2.62. The second kappa shape index (κ2) is 9.77. The molecular weight excluding hydrogens is 310 g/mol. The molecule has 1 atom stereocenters. The van der Waals surface area contributed by atoms with E-state index in [1.165, 1.54) is 7.11 Å². The zero-order chi connectivity index (χ0) is 18.1. The van der Waals surface area contributed by atoms with Crippen LogP contribution in [-0.4, -0.2) is 56.6 Å². The maximum Gasteiger partial charge on any atom is 0.255 e. The molecule has 0 radical (unpaired) electrons. The third-order valence-corrected chi connectivity index (χ3v) is 3.89. The van der Waals surface area contributed by atoms with E-state index in [0.717, 1.165) is 13.0 Å². The van der Waals surface area contributed by atoms with Crippen LogP contribution >= 0.6 is 0 Å². The molecule has 7 nitrogen and oxygen atoms in total. The molecule has 0 fully saturated rings. The summed E-state index contributed by atoms with van der Waals surface area (Å²) in [5.41, 5.74) is 5.51. The Morgan fingerprint density at radius 2 is 2.04 bits per heavy atom. The lowest BCUT2D eigenvalue weighted by molar-refractivity contribution is -0.119. The fraction of sp³-hybridized carbons (Fsp3) is 0.529. The van der Waals surface area contributed by atoms with Crippen molar-refractivity contribution in [2.45, 2.75) is 26.3 Å². The number of methoxy groups -OCH3 is 1. The van der Waals surface area contributed by atoms with Gasteiger partial charge in [0.1, 0.15) is 0 Å². The van der Waals surface area contributed by atoms with Gasteiger partial charge >= 0.3 is 0 Å². The second-order valence-electron chi connectivity index (χ2n) is 5.61. The normalized spacial score (nSPS) is 11.9. The number of nitrogens with zero attached hydrogens (tertiary/aromatic N) is 1. The summed E-state index contributed by atoms with van der Waals surface area (Å²) >= 11 is 0. The lowest BCUT2D eigenvalue weighted by atomic mass is 10.2. The summed E-state index contributed by atoms with van der Waals surface area (Å²) in [7, 11) is 3.50. The van der Waals surface area contributed by atoms with Crippen molar-refractivity contribution in [1.29, 1.82) is 0 Å². The van der Waals surface area contributed by atoms with E-state index in [9.17, 15) is 9.59 Å². The molecule has 7 heteroatoms. The Hall–Kier alpha value is -2.28. The van der Waals surface area contributed by atoms with Crippen LogP contribution in [0.25, 0.3) is 0 Å². The molecule has 0 aliphatic heterocycles. The molecule has 3 N–H and O–H groups in total. The average Bonchev–Trinajstić information content (AvgIpc) is 2.58. The molecule has 24 heavy (non-hydrogen) atoms. The molecule has 134 valence electrons. The number of carbonyl (C=O) groups excluding carboxylic acids is 2. The summed E-state index contributed by atoms with van der Waals surface area (Å²) in [5.74, 6) is -0.0263. The van der Waals surface area contributed by atoms with E-state index >= 15 is 0 Å². The molecule has 0 aliphatic rings. The van der Waals surface area contributed by atoms with Gasteiger partial charge in [-0.15, -0.1) is 0 Å². The fourth-order valence-corrected chi connectivity index (χ4v) is 2.06. The highest BCUT2D eigenvalue weighted by Crippen LogP contribution is 2.27. The van der Waals surface area contributed by atoms with Crippen molar-refractivity contribution in [3.63, 3.8) is 0 Å². The van der Waals surface area contributed by atoms with Crippen molar-refractivity contribution in [2.75, 3.05) is 33.9 Å². The first-order valence-corrected chi connectivity index (χ1v) is 7.96. The van der Waals surface area contributed by atoms with Crippen molar-refractivity contribution in [1.82, 2.24) is 10.2 Å². The Morgan fingerprint density at radius 3 is 2.62 bits per heavy atom. The minimum Gasteiger partial charge on any atom is -0.493 e. The van der Waals surface area contributed by atoms with Crippen LogP contribution in [0.15, 0.2) is 18.2 Å². The Labute approximate surface area is 143 Å². The minimum absolute atomic E-state index is 0.188. The Bertz CT molecular complexity index is 563. The number of ether oxygens (including phenoxy) is 2. The first-order valence-electron chi connectivity index (χ1n) is 7.96. The number of amides is 2. The lowest BCUT2D eigenvalue weighted by Crippen LogP contribution is -2.37. The van der Waals surface area contributed by atoms with E-state index in [-0.39, 0.29) is 12.5 Å².